The van der Waals surface area contributed by atoms with E-state index >= 15 is 0 Å². The Kier molecular flexibility index (Phi) is 4.61. The van der Waals surface area contributed by atoms with E-state index in [9.17, 15) is 18.5 Å². The Morgan fingerprint density at radius 1 is 1.35 bits per heavy atom. The lowest BCUT2D eigenvalue weighted by Crippen LogP contribution is -2.42. The van der Waals surface area contributed by atoms with Crippen LogP contribution < -0.4 is 5.32 Å². The summed E-state index contributed by atoms with van der Waals surface area (Å²) < 4.78 is 27.2. The highest BCUT2D eigenvalue weighted by molar-refractivity contribution is 7.91. The van der Waals surface area contributed by atoms with Gasteiger partial charge in [-0.15, -0.1) is 22.7 Å². The second-order valence-corrected chi connectivity index (χ2v) is 10.5. The van der Waals surface area contributed by atoms with Gasteiger partial charge in [0, 0.05) is 11.4 Å². The summed E-state index contributed by atoms with van der Waals surface area (Å²) in [5.41, 5.74) is 1.59. The van der Waals surface area contributed by atoms with Crippen molar-refractivity contribution in [3.8, 4) is 6.07 Å². The van der Waals surface area contributed by atoms with Crippen molar-refractivity contribution in [1.82, 2.24) is 4.31 Å². The van der Waals surface area contributed by atoms with Crippen LogP contribution in [-0.4, -0.2) is 31.2 Å². The number of thiophene rings is 2. The van der Waals surface area contributed by atoms with Crippen LogP contribution in [0.1, 0.15) is 35.3 Å². The third-order valence-electron chi connectivity index (χ3n) is 4.83. The van der Waals surface area contributed by atoms with Crippen LogP contribution in [0.5, 0.6) is 0 Å². The largest absolute Gasteiger partial charge is 0.315 e. The molecule has 1 aliphatic heterocycles. The summed E-state index contributed by atoms with van der Waals surface area (Å²) in [6.07, 6.45) is 3.98. The van der Waals surface area contributed by atoms with E-state index in [1.165, 1.54) is 15.6 Å². The molecule has 1 saturated heterocycles. The molecule has 9 heteroatoms. The van der Waals surface area contributed by atoms with Gasteiger partial charge in [0.2, 0.25) is 5.91 Å². The van der Waals surface area contributed by atoms with E-state index in [-0.39, 0.29) is 10.1 Å². The van der Waals surface area contributed by atoms with E-state index in [2.05, 4.69) is 11.4 Å². The molecule has 2 aromatic rings. The van der Waals surface area contributed by atoms with E-state index in [1.54, 1.807) is 17.5 Å². The average Bonchev–Trinajstić information content (AvgIpc) is 3.37. The second kappa shape index (κ2) is 6.78. The molecule has 0 unspecified atom stereocenters. The van der Waals surface area contributed by atoms with Gasteiger partial charge in [-0.1, -0.05) is 6.07 Å². The molecule has 1 N–H and O–H groups in total. The number of fused-ring (bicyclic) bond motifs is 1. The molecule has 1 amide bonds. The fourth-order valence-corrected chi connectivity index (χ4v) is 7.64. The molecular formula is C17H17N3O3S3. The lowest BCUT2D eigenvalue weighted by atomic mass is 10.1. The fourth-order valence-electron chi connectivity index (χ4n) is 3.62. The Balaban J connectivity index is 1.58. The number of nitriles is 1. The molecule has 0 saturated carbocycles. The maximum atomic E-state index is 12.8. The molecule has 3 heterocycles. The third kappa shape index (κ3) is 2.87. The van der Waals surface area contributed by atoms with Gasteiger partial charge < -0.3 is 5.32 Å². The minimum Gasteiger partial charge on any atom is -0.315 e. The van der Waals surface area contributed by atoms with Gasteiger partial charge in [0.1, 0.15) is 21.3 Å². The zero-order chi connectivity index (χ0) is 18.3. The van der Waals surface area contributed by atoms with Crippen LogP contribution in [0.4, 0.5) is 5.00 Å². The van der Waals surface area contributed by atoms with Crippen molar-refractivity contribution >= 4 is 43.6 Å². The number of carbonyl (C=O) groups excluding carboxylic acids is 1. The number of sulfonamides is 1. The highest BCUT2D eigenvalue weighted by Gasteiger charge is 2.40. The van der Waals surface area contributed by atoms with Crippen LogP contribution in [0.3, 0.4) is 0 Å². The number of nitrogens with one attached hydrogen (secondary N) is 1. The molecule has 0 aromatic carbocycles. The zero-order valence-corrected chi connectivity index (χ0v) is 16.3. The smallest absolute Gasteiger partial charge is 0.253 e. The molecule has 2 aliphatic rings. The van der Waals surface area contributed by atoms with Crippen LogP contribution >= 0.6 is 22.7 Å². The average molecular weight is 408 g/mol. The van der Waals surface area contributed by atoms with E-state index in [0.717, 1.165) is 41.0 Å². The van der Waals surface area contributed by atoms with Crippen LogP contribution in [0, 0.1) is 11.3 Å². The molecule has 136 valence electrons. The summed E-state index contributed by atoms with van der Waals surface area (Å²) in [5, 5.41) is 14.6. The monoisotopic (exact) mass is 407 g/mol. The number of hydrogen-bond donors (Lipinski definition) is 1. The number of amides is 1. The minimum atomic E-state index is -3.66. The maximum Gasteiger partial charge on any atom is 0.253 e. The Hall–Kier alpha value is -1.73. The molecule has 6 nitrogen and oxygen atoms in total. The Morgan fingerprint density at radius 3 is 2.92 bits per heavy atom. The number of hydrogen-bond acceptors (Lipinski definition) is 6. The SMILES string of the molecule is N#Cc1c(NC(=O)[C@H]2CCCN2S(=O)(=O)c2cccs2)sc2c1CCC2. The lowest BCUT2D eigenvalue weighted by molar-refractivity contribution is -0.119. The second-order valence-electron chi connectivity index (χ2n) is 6.37. The van der Waals surface area contributed by atoms with Crippen LogP contribution in [-0.2, 0) is 27.7 Å². The van der Waals surface area contributed by atoms with Gasteiger partial charge in [-0.25, -0.2) is 8.42 Å². The van der Waals surface area contributed by atoms with Crippen LogP contribution in [0.2, 0.25) is 0 Å². The topological polar surface area (TPSA) is 90.3 Å². The fraction of sp³-hybridized carbons (Fsp3) is 0.412. The molecule has 4 rings (SSSR count). The van der Waals surface area contributed by atoms with E-state index in [0.29, 0.717) is 30.0 Å². The molecule has 1 fully saturated rings. The highest BCUT2D eigenvalue weighted by atomic mass is 32.2. The molecular weight excluding hydrogens is 390 g/mol. The van der Waals surface area contributed by atoms with Crippen molar-refractivity contribution in [1.29, 1.82) is 5.26 Å². The van der Waals surface area contributed by atoms with Crippen molar-refractivity contribution in [3.05, 3.63) is 33.5 Å². The van der Waals surface area contributed by atoms with Gasteiger partial charge in [-0.2, -0.15) is 9.57 Å². The molecule has 1 atom stereocenters. The summed E-state index contributed by atoms with van der Waals surface area (Å²) in [6, 6.07) is 4.72. The quantitative estimate of drug-likeness (QED) is 0.844. The normalized spacial score (nSPS) is 20.0. The number of carbonyl (C=O) groups is 1. The summed E-state index contributed by atoms with van der Waals surface area (Å²) in [6.45, 7) is 0.338. The molecule has 1 aliphatic carbocycles. The summed E-state index contributed by atoms with van der Waals surface area (Å²) in [7, 11) is -3.66. The number of aryl methyl sites for hydroxylation is 1. The van der Waals surface area contributed by atoms with Crippen LogP contribution in [0.15, 0.2) is 21.7 Å². The third-order valence-corrected chi connectivity index (χ3v) is 9.32. The molecule has 0 bridgehead atoms. The predicted octanol–water partition coefficient (Wildman–Crippen LogP) is 2.96. The van der Waals surface area contributed by atoms with Crippen LogP contribution in [0.25, 0.3) is 0 Å². The number of nitrogens with zero attached hydrogens (tertiary/aromatic N) is 2. The number of rotatable bonds is 4. The molecule has 2 aromatic heterocycles. The van der Waals surface area contributed by atoms with E-state index in [1.807, 2.05) is 0 Å². The first-order valence-electron chi connectivity index (χ1n) is 8.43. The van der Waals surface area contributed by atoms with Gasteiger partial charge in [-0.05, 0) is 49.1 Å². The minimum absolute atomic E-state index is 0.255. The van der Waals surface area contributed by atoms with Crippen molar-refractivity contribution < 1.29 is 13.2 Å². The zero-order valence-electron chi connectivity index (χ0n) is 13.9. The first-order valence-corrected chi connectivity index (χ1v) is 11.6. The van der Waals surface area contributed by atoms with Crippen molar-refractivity contribution in [2.24, 2.45) is 0 Å². The first kappa shape index (κ1) is 17.7. The van der Waals surface area contributed by atoms with Gasteiger partial charge in [-0.3, -0.25) is 4.79 Å². The van der Waals surface area contributed by atoms with Crippen molar-refractivity contribution in [3.63, 3.8) is 0 Å². The Bertz CT molecular complexity index is 987. The summed E-state index contributed by atoms with van der Waals surface area (Å²) in [4.78, 5) is 14.0. The molecule has 26 heavy (non-hydrogen) atoms. The van der Waals surface area contributed by atoms with E-state index in [4.69, 9.17) is 0 Å². The van der Waals surface area contributed by atoms with E-state index < -0.39 is 16.1 Å². The van der Waals surface area contributed by atoms with Crippen molar-refractivity contribution in [2.75, 3.05) is 11.9 Å². The maximum absolute atomic E-state index is 12.8. The van der Waals surface area contributed by atoms with Gasteiger partial charge in [0.05, 0.1) is 5.56 Å². The van der Waals surface area contributed by atoms with Gasteiger partial charge in [0.25, 0.3) is 10.0 Å². The lowest BCUT2D eigenvalue weighted by Gasteiger charge is -2.22. The first-order chi connectivity index (χ1) is 12.5. The van der Waals surface area contributed by atoms with Crippen molar-refractivity contribution in [2.45, 2.75) is 42.4 Å². The predicted molar refractivity (Wildman–Crippen MR) is 101 cm³/mol. The molecule has 0 spiro atoms. The Labute approximate surface area is 160 Å². The summed E-state index contributed by atoms with van der Waals surface area (Å²) in [5.74, 6) is -0.348. The standard InChI is InChI=1S/C17H17N3O3S3/c18-10-12-11-4-1-6-14(11)25-17(12)19-16(21)13-5-2-8-20(13)26(22,23)15-7-3-9-24-15/h3,7,9,13H,1-2,4-6,8H2,(H,19,21)/t13-/m1/s1. The highest BCUT2D eigenvalue weighted by Crippen LogP contribution is 2.39. The van der Waals surface area contributed by atoms with Gasteiger partial charge >= 0.3 is 0 Å². The number of anilines is 1. The Morgan fingerprint density at radius 2 is 2.19 bits per heavy atom. The summed E-state index contributed by atoms with van der Waals surface area (Å²) >= 11 is 2.60. The van der Waals surface area contributed by atoms with Gasteiger partial charge in [0.15, 0.2) is 0 Å². The molecule has 0 radical (unpaired) electrons.